The van der Waals surface area contributed by atoms with E-state index in [1.165, 1.54) is 4.31 Å². The molecule has 0 amide bonds. The number of aromatic nitrogens is 2. The molecule has 7 nitrogen and oxygen atoms in total. The molecule has 0 N–H and O–H groups in total. The van der Waals surface area contributed by atoms with Gasteiger partial charge in [-0.25, -0.2) is 26.1 Å². The molecule has 0 spiro atoms. The summed E-state index contributed by atoms with van der Waals surface area (Å²) in [6, 6.07) is 0. The second kappa shape index (κ2) is 6.04. The molecule has 0 saturated carbocycles. The molecule has 25 heavy (non-hydrogen) atoms. The van der Waals surface area contributed by atoms with Gasteiger partial charge < -0.3 is 0 Å². The number of nitrogens with zero attached hydrogens (tertiary/aromatic N) is 3. The minimum absolute atomic E-state index is 0.0162. The van der Waals surface area contributed by atoms with Crippen LogP contribution in [-0.4, -0.2) is 60.4 Å². The molecule has 2 aliphatic heterocycles. The minimum atomic E-state index is -3.53. The highest BCUT2D eigenvalue weighted by molar-refractivity contribution is 7.95. The number of thiazole rings is 1. The summed E-state index contributed by atoms with van der Waals surface area (Å²) in [5, 5.41) is 1.26. The minimum Gasteiger partial charge on any atom is -0.294 e. The fraction of sp³-hybridized carbons (Fsp3) is 0.667. The van der Waals surface area contributed by atoms with Crippen LogP contribution >= 0.6 is 11.3 Å². The Labute approximate surface area is 151 Å². The van der Waals surface area contributed by atoms with Crippen molar-refractivity contribution >= 4 is 36.0 Å². The van der Waals surface area contributed by atoms with Crippen LogP contribution in [0.3, 0.4) is 0 Å². The van der Waals surface area contributed by atoms with E-state index in [0.29, 0.717) is 13.1 Å². The van der Waals surface area contributed by atoms with Crippen LogP contribution in [0.2, 0.25) is 0 Å². The Balaban J connectivity index is 1.49. The highest BCUT2D eigenvalue weighted by Crippen LogP contribution is 2.34. The van der Waals surface area contributed by atoms with Crippen molar-refractivity contribution < 1.29 is 16.8 Å². The number of imidazole rings is 1. The SMILES string of the molecule is Cc1nc(C2CCN(S(=O)(=O)C3CCS(=O)(=O)C3)CC2)c2sccn12. The van der Waals surface area contributed by atoms with Gasteiger partial charge >= 0.3 is 0 Å². The molecule has 2 aliphatic rings. The van der Waals surface area contributed by atoms with Gasteiger partial charge in [0, 0.05) is 30.6 Å². The predicted molar refractivity (Wildman–Crippen MR) is 97.3 cm³/mol. The summed E-state index contributed by atoms with van der Waals surface area (Å²) >= 11 is 1.66. The van der Waals surface area contributed by atoms with Gasteiger partial charge in [-0.2, -0.15) is 0 Å². The molecule has 0 aromatic carbocycles. The number of rotatable bonds is 3. The van der Waals surface area contributed by atoms with E-state index >= 15 is 0 Å². The smallest absolute Gasteiger partial charge is 0.218 e. The number of piperidine rings is 1. The summed E-state index contributed by atoms with van der Waals surface area (Å²) in [5.74, 6) is 0.960. The molecule has 4 rings (SSSR count). The molecule has 10 heteroatoms. The first-order valence-electron chi connectivity index (χ1n) is 8.39. The monoisotopic (exact) mass is 403 g/mol. The fourth-order valence-electron chi connectivity index (χ4n) is 3.85. The zero-order chi connectivity index (χ0) is 17.8. The van der Waals surface area contributed by atoms with Crippen LogP contribution in [0.25, 0.3) is 4.83 Å². The molecule has 0 aliphatic carbocycles. The van der Waals surface area contributed by atoms with Crippen LogP contribution in [0, 0.1) is 6.92 Å². The molecule has 2 saturated heterocycles. The third-order valence-electron chi connectivity index (χ3n) is 5.27. The summed E-state index contributed by atoms with van der Waals surface area (Å²) in [6.07, 6.45) is 3.68. The lowest BCUT2D eigenvalue weighted by Crippen LogP contribution is -2.43. The number of sulfone groups is 1. The lowest BCUT2D eigenvalue weighted by Gasteiger charge is -2.32. The summed E-state index contributed by atoms with van der Waals surface area (Å²) < 4.78 is 52.3. The van der Waals surface area contributed by atoms with Gasteiger partial charge in [-0.05, 0) is 26.2 Å². The quantitative estimate of drug-likeness (QED) is 0.773. The van der Waals surface area contributed by atoms with E-state index in [0.717, 1.165) is 29.2 Å². The predicted octanol–water partition coefficient (Wildman–Crippen LogP) is 1.40. The fourth-order valence-corrected chi connectivity index (χ4v) is 9.36. The highest BCUT2D eigenvalue weighted by atomic mass is 32.2. The van der Waals surface area contributed by atoms with Gasteiger partial charge in [-0.15, -0.1) is 11.3 Å². The molecule has 0 radical (unpaired) electrons. The van der Waals surface area contributed by atoms with E-state index in [9.17, 15) is 16.8 Å². The molecule has 2 fully saturated rings. The van der Waals surface area contributed by atoms with Crippen molar-refractivity contribution in [2.45, 2.75) is 37.4 Å². The van der Waals surface area contributed by atoms with Gasteiger partial charge in [0.1, 0.15) is 10.7 Å². The van der Waals surface area contributed by atoms with Crippen molar-refractivity contribution in [3.05, 3.63) is 23.1 Å². The molecule has 0 bridgehead atoms. The largest absolute Gasteiger partial charge is 0.294 e. The molecule has 1 atom stereocenters. The van der Waals surface area contributed by atoms with E-state index in [-0.39, 0.29) is 23.8 Å². The van der Waals surface area contributed by atoms with E-state index in [1.807, 2.05) is 18.5 Å². The van der Waals surface area contributed by atoms with E-state index in [2.05, 4.69) is 9.38 Å². The molecule has 1 unspecified atom stereocenters. The Morgan fingerprint density at radius 1 is 1.24 bits per heavy atom. The van der Waals surface area contributed by atoms with Crippen molar-refractivity contribution in [1.29, 1.82) is 0 Å². The molecule has 138 valence electrons. The van der Waals surface area contributed by atoms with Gasteiger partial charge in [-0.1, -0.05) is 0 Å². The summed E-state index contributed by atoms with van der Waals surface area (Å²) in [7, 11) is -6.74. The normalized spacial score (nSPS) is 25.7. The van der Waals surface area contributed by atoms with Gasteiger partial charge in [0.05, 0.1) is 22.4 Å². The lowest BCUT2D eigenvalue weighted by molar-refractivity contribution is 0.315. The van der Waals surface area contributed by atoms with Gasteiger partial charge in [-0.3, -0.25) is 4.40 Å². The number of fused-ring (bicyclic) bond motifs is 1. The van der Waals surface area contributed by atoms with Crippen LogP contribution in [0.4, 0.5) is 0 Å². The Morgan fingerprint density at radius 3 is 2.60 bits per heavy atom. The maximum atomic E-state index is 12.7. The van der Waals surface area contributed by atoms with E-state index in [1.54, 1.807) is 11.3 Å². The van der Waals surface area contributed by atoms with Crippen molar-refractivity contribution in [1.82, 2.24) is 13.7 Å². The standard InChI is InChI=1S/C15H21N3O4S3/c1-11-16-14(15-18(11)7-8-23-15)12-2-5-17(6-3-12)25(21,22)13-4-9-24(19,20)10-13/h7-8,12-13H,2-6,9-10H2,1H3. The maximum Gasteiger partial charge on any atom is 0.218 e. The Morgan fingerprint density at radius 2 is 1.96 bits per heavy atom. The van der Waals surface area contributed by atoms with Gasteiger partial charge in [0.15, 0.2) is 9.84 Å². The second-order valence-electron chi connectivity index (χ2n) is 6.87. The molecule has 2 aromatic rings. The Kier molecular flexibility index (Phi) is 4.21. The number of sulfonamides is 1. The average molecular weight is 404 g/mol. The third-order valence-corrected chi connectivity index (χ3v) is 10.5. The first-order valence-corrected chi connectivity index (χ1v) is 12.6. The number of hydrogen-bond donors (Lipinski definition) is 0. The van der Waals surface area contributed by atoms with Crippen molar-refractivity contribution in [2.75, 3.05) is 24.6 Å². The van der Waals surface area contributed by atoms with Crippen molar-refractivity contribution in [2.24, 2.45) is 0 Å². The average Bonchev–Trinajstić information content (AvgIpc) is 3.25. The van der Waals surface area contributed by atoms with Crippen LogP contribution in [-0.2, 0) is 19.9 Å². The lowest BCUT2D eigenvalue weighted by atomic mass is 9.95. The molecule has 4 heterocycles. The topological polar surface area (TPSA) is 88.8 Å². The third kappa shape index (κ3) is 3.02. The first-order chi connectivity index (χ1) is 11.8. The van der Waals surface area contributed by atoms with Crippen LogP contribution < -0.4 is 0 Å². The molecular weight excluding hydrogens is 382 g/mol. The first kappa shape index (κ1) is 17.4. The van der Waals surface area contributed by atoms with Gasteiger partial charge in [0.2, 0.25) is 10.0 Å². The maximum absolute atomic E-state index is 12.7. The number of hydrogen-bond acceptors (Lipinski definition) is 6. The van der Waals surface area contributed by atoms with Crippen molar-refractivity contribution in [3.8, 4) is 0 Å². The van der Waals surface area contributed by atoms with Crippen molar-refractivity contribution in [3.63, 3.8) is 0 Å². The Bertz CT molecular complexity index is 998. The zero-order valence-electron chi connectivity index (χ0n) is 14.0. The van der Waals surface area contributed by atoms with Crippen LogP contribution in [0.15, 0.2) is 11.6 Å². The second-order valence-corrected chi connectivity index (χ2v) is 12.2. The van der Waals surface area contributed by atoms with Crippen LogP contribution in [0.5, 0.6) is 0 Å². The van der Waals surface area contributed by atoms with E-state index in [4.69, 9.17) is 0 Å². The molecule has 2 aromatic heterocycles. The zero-order valence-corrected chi connectivity index (χ0v) is 16.4. The summed E-state index contributed by atoms with van der Waals surface area (Å²) in [5.41, 5.74) is 1.06. The highest BCUT2D eigenvalue weighted by Gasteiger charge is 2.41. The summed E-state index contributed by atoms with van der Waals surface area (Å²) in [4.78, 5) is 5.82. The van der Waals surface area contributed by atoms with Gasteiger partial charge in [0.25, 0.3) is 0 Å². The van der Waals surface area contributed by atoms with E-state index < -0.39 is 25.1 Å². The number of aryl methyl sites for hydroxylation is 1. The Hall–Kier alpha value is -0.970. The van der Waals surface area contributed by atoms with Crippen LogP contribution in [0.1, 0.15) is 36.7 Å². The molecular formula is C15H21N3O4S3. The summed E-state index contributed by atoms with van der Waals surface area (Å²) in [6.45, 7) is 2.85.